The number of nitrogens with zero attached hydrogens (tertiary/aromatic N) is 1. The molecule has 0 radical (unpaired) electrons. The monoisotopic (exact) mass is 258 g/mol. The number of rotatable bonds is 6. The zero-order valence-corrected chi connectivity index (χ0v) is 11.9. The second-order valence-corrected chi connectivity index (χ2v) is 4.92. The van der Waals surface area contributed by atoms with Crippen LogP contribution in [0.4, 0.5) is 0 Å². The van der Waals surface area contributed by atoms with Crippen molar-refractivity contribution in [3.05, 3.63) is 35.4 Å². The molecule has 1 unspecified atom stereocenters. The average molecular weight is 258 g/mol. The van der Waals surface area contributed by atoms with E-state index in [9.17, 15) is 4.79 Å². The number of carbonyl (C=O) groups is 1. The van der Waals surface area contributed by atoms with Gasteiger partial charge >= 0.3 is 0 Å². The SMILES string of the molecule is CCC(CC)C(C)NC(=O)Cc1ccc(C#N)cc1. The molecule has 0 bridgehead atoms. The van der Waals surface area contributed by atoms with E-state index >= 15 is 0 Å². The summed E-state index contributed by atoms with van der Waals surface area (Å²) in [6, 6.07) is 9.43. The average Bonchev–Trinajstić information content (AvgIpc) is 2.40. The first-order chi connectivity index (χ1) is 9.10. The number of nitrogens with one attached hydrogen (secondary N) is 1. The van der Waals surface area contributed by atoms with Gasteiger partial charge in [0.25, 0.3) is 0 Å². The molecule has 0 aliphatic heterocycles. The fraction of sp³-hybridized carbons (Fsp3) is 0.500. The zero-order valence-electron chi connectivity index (χ0n) is 11.9. The molecule has 0 aliphatic carbocycles. The summed E-state index contributed by atoms with van der Waals surface area (Å²) in [5.41, 5.74) is 1.56. The fourth-order valence-corrected chi connectivity index (χ4v) is 2.30. The molecule has 19 heavy (non-hydrogen) atoms. The normalized spacial score (nSPS) is 11.9. The second kappa shape index (κ2) is 7.58. The van der Waals surface area contributed by atoms with Crippen LogP contribution >= 0.6 is 0 Å². The number of carbonyl (C=O) groups excluding carboxylic acids is 1. The number of hydrogen-bond acceptors (Lipinski definition) is 2. The third kappa shape index (κ3) is 4.75. The maximum absolute atomic E-state index is 11.9. The predicted octanol–water partition coefficient (Wildman–Crippen LogP) is 3.04. The molecular weight excluding hydrogens is 236 g/mol. The van der Waals surface area contributed by atoms with E-state index in [0.717, 1.165) is 18.4 Å². The smallest absolute Gasteiger partial charge is 0.224 e. The molecule has 1 atom stereocenters. The Labute approximate surface area is 115 Å². The van der Waals surface area contributed by atoms with Gasteiger partial charge in [0.1, 0.15) is 0 Å². The molecule has 1 N–H and O–H groups in total. The third-order valence-corrected chi connectivity index (χ3v) is 3.59. The lowest BCUT2D eigenvalue weighted by molar-refractivity contribution is -0.121. The van der Waals surface area contributed by atoms with Crippen molar-refractivity contribution >= 4 is 5.91 Å². The van der Waals surface area contributed by atoms with Crippen LogP contribution < -0.4 is 5.32 Å². The van der Waals surface area contributed by atoms with Crippen molar-refractivity contribution in [2.24, 2.45) is 5.92 Å². The summed E-state index contributed by atoms with van der Waals surface area (Å²) in [5, 5.41) is 11.8. The Morgan fingerprint density at radius 2 is 1.84 bits per heavy atom. The number of amides is 1. The Hall–Kier alpha value is -1.82. The summed E-state index contributed by atoms with van der Waals surface area (Å²) >= 11 is 0. The maximum atomic E-state index is 11.9. The van der Waals surface area contributed by atoms with E-state index in [0.29, 0.717) is 17.9 Å². The zero-order chi connectivity index (χ0) is 14.3. The molecule has 0 saturated heterocycles. The summed E-state index contributed by atoms with van der Waals surface area (Å²) in [4.78, 5) is 11.9. The van der Waals surface area contributed by atoms with Gasteiger partial charge in [-0.1, -0.05) is 38.8 Å². The van der Waals surface area contributed by atoms with E-state index in [4.69, 9.17) is 5.26 Å². The Morgan fingerprint density at radius 3 is 2.32 bits per heavy atom. The Balaban J connectivity index is 2.53. The van der Waals surface area contributed by atoms with E-state index < -0.39 is 0 Å². The summed E-state index contributed by atoms with van der Waals surface area (Å²) in [6.45, 7) is 6.36. The van der Waals surface area contributed by atoms with Crippen molar-refractivity contribution in [3.8, 4) is 6.07 Å². The molecule has 0 spiro atoms. The van der Waals surface area contributed by atoms with Crippen molar-refractivity contribution in [2.45, 2.75) is 46.1 Å². The van der Waals surface area contributed by atoms with Crippen molar-refractivity contribution in [1.82, 2.24) is 5.32 Å². The molecule has 0 aliphatic rings. The van der Waals surface area contributed by atoms with E-state index in [1.54, 1.807) is 12.1 Å². The van der Waals surface area contributed by atoms with Crippen LogP contribution in [-0.2, 0) is 11.2 Å². The van der Waals surface area contributed by atoms with Gasteiger partial charge in [-0.3, -0.25) is 4.79 Å². The van der Waals surface area contributed by atoms with Crippen LogP contribution in [0.15, 0.2) is 24.3 Å². The van der Waals surface area contributed by atoms with Gasteiger partial charge in [-0.05, 0) is 30.5 Å². The second-order valence-electron chi connectivity index (χ2n) is 4.92. The largest absolute Gasteiger partial charge is 0.353 e. The number of hydrogen-bond donors (Lipinski definition) is 1. The highest BCUT2D eigenvalue weighted by Crippen LogP contribution is 2.13. The molecule has 1 aromatic rings. The minimum Gasteiger partial charge on any atom is -0.353 e. The highest BCUT2D eigenvalue weighted by molar-refractivity contribution is 5.78. The molecule has 1 rings (SSSR count). The predicted molar refractivity (Wildman–Crippen MR) is 76.5 cm³/mol. The van der Waals surface area contributed by atoms with Gasteiger partial charge in [0.05, 0.1) is 18.1 Å². The van der Waals surface area contributed by atoms with Crippen molar-refractivity contribution in [1.29, 1.82) is 5.26 Å². The lowest BCUT2D eigenvalue weighted by Crippen LogP contribution is -2.38. The van der Waals surface area contributed by atoms with E-state index in [-0.39, 0.29) is 11.9 Å². The summed E-state index contributed by atoms with van der Waals surface area (Å²) in [7, 11) is 0. The summed E-state index contributed by atoms with van der Waals surface area (Å²) in [5.74, 6) is 0.578. The van der Waals surface area contributed by atoms with Crippen LogP contribution in [0.2, 0.25) is 0 Å². The van der Waals surface area contributed by atoms with Crippen molar-refractivity contribution in [3.63, 3.8) is 0 Å². The van der Waals surface area contributed by atoms with E-state index in [2.05, 4.69) is 32.2 Å². The minimum absolute atomic E-state index is 0.0455. The van der Waals surface area contributed by atoms with Crippen LogP contribution in [0.1, 0.15) is 44.7 Å². The maximum Gasteiger partial charge on any atom is 0.224 e. The first-order valence-corrected chi connectivity index (χ1v) is 6.89. The van der Waals surface area contributed by atoms with Crippen LogP contribution in [0.5, 0.6) is 0 Å². The fourth-order valence-electron chi connectivity index (χ4n) is 2.30. The quantitative estimate of drug-likeness (QED) is 0.852. The van der Waals surface area contributed by atoms with E-state index in [1.165, 1.54) is 0 Å². The highest BCUT2D eigenvalue weighted by Gasteiger charge is 2.15. The molecule has 0 heterocycles. The van der Waals surface area contributed by atoms with Gasteiger partial charge in [-0.2, -0.15) is 5.26 Å². The van der Waals surface area contributed by atoms with Gasteiger partial charge in [0.2, 0.25) is 5.91 Å². The lowest BCUT2D eigenvalue weighted by atomic mass is 9.95. The Bertz CT molecular complexity index is 441. The molecule has 102 valence electrons. The Kier molecular flexibility index (Phi) is 6.08. The van der Waals surface area contributed by atoms with Crippen LogP contribution in [0.25, 0.3) is 0 Å². The molecule has 3 nitrogen and oxygen atoms in total. The molecular formula is C16H22N2O. The number of benzene rings is 1. The first kappa shape index (κ1) is 15.2. The first-order valence-electron chi connectivity index (χ1n) is 6.89. The van der Waals surface area contributed by atoms with Crippen LogP contribution in [0, 0.1) is 17.2 Å². The minimum atomic E-state index is 0.0455. The van der Waals surface area contributed by atoms with Gasteiger partial charge in [0.15, 0.2) is 0 Å². The van der Waals surface area contributed by atoms with Crippen molar-refractivity contribution in [2.75, 3.05) is 0 Å². The Morgan fingerprint density at radius 1 is 1.26 bits per heavy atom. The topological polar surface area (TPSA) is 52.9 Å². The molecule has 3 heteroatoms. The molecule has 1 aromatic carbocycles. The molecule has 0 fully saturated rings. The van der Waals surface area contributed by atoms with Crippen LogP contribution in [0.3, 0.4) is 0 Å². The van der Waals surface area contributed by atoms with Gasteiger partial charge in [0, 0.05) is 6.04 Å². The standard InChI is InChI=1S/C16H22N2O/c1-4-15(5-2)12(3)18-16(19)10-13-6-8-14(11-17)9-7-13/h6-9,12,15H,4-5,10H2,1-3H3,(H,18,19). The summed E-state index contributed by atoms with van der Waals surface area (Å²) < 4.78 is 0. The van der Waals surface area contributed by atoms with Gasteiger partial charge in [-0.25, -0.2) is 0 Å². The van der Waals surface area contributed by atoms with Crippen LogP contribution in [-0.4, -0.2) is 11.9 Å². The van der Waals surface area contributed by atoms with E-state index in [1.807, 2.05) is 12.1 Å². The molecule has 0 saturated carbocycles. The highest BCUT2D eigenvalue weighted by atomic mass is 16.1. The summed E-state index contributed by atoms with van der Waals surface area (Å²) in [6.07, 6.45) is 2.53. The van der Waals surface area contributed by atoms with Crippen molar-refractivity contribution < 1.29 is 4.79 Å². The molecule has 1 amide bonds. The van der Waals surface area contributed by atoms with Gasteiger partial charge < -0.3 is 5.32 Å². The third-order valence-electron chi connectivity index (χ3n) is 3.59. The lowest BCUT2D eigenvalue weighted by Gasteiger charge is -2.22. The molecule has 0 aromatic heterocycles. The van der Waals surface area contributed by atoms with Gasteiger partial charge in [-0.15, -0.1) is 0 Å². The number of nitriles is 1.